The van der Waals surface area contributed by atoms with Crippen molar-refractivity contribution in [1.29, 1.82) is 0 Å². The van der Waals surface area contributed by atoms with Crippen LogP contribution in [0.2, 0.25) is 0 Å². The van der Waals surface area contributed by atoms with E-state index in [1.807, 2.05) is 6.07 Å². The summed E-state index contributed by atoms with van der Waals surface area (Å²) in [6.07, 6.45) is -0.712. The average molecular weight is 304 g/mol. The fourth-order valence-corrected chi connectivity index (χ4v) is 2.57. The summed E-state index contributed by atoms with van der Waals surface area (Å²) < 4.78 is 6.70. The Balaban J connectivity index is 2.03. The zero-order valence-electron chi connectivity index (χ0n) is 11.7. The highest BCUT2D eigenvalue weighted by atomic mass is 16.5. The fraction of sp³-hybridized carbons (Fsp3) is 0.333. The third-order valence-electron chi connectivity index (χ3n) is 3.75. The Kier molecular flexibility index (Phi) is 3.93. The number of benzene rings is 1. The van der Waals surface area contributed by atoms with Gasteiger partial charge in [-0.3, -0.25) is 14.3 Å². The summed E-state index contributed by atoms with van der Waals surface area (Å²) in [6, 6.07) is 8.94. The summed E-state index contributed by atoms with van der Waals surface area (Å²) in [6.45, 7) is -0.332. The molecule has 7 heteroatoms. The summed E-state index contributed by atoms with van der Waals surface area (Å²) >= 11 is 0. The van der Waals surface area contributed by atoms with Gasteiger partial charge in [-0.05, 0) is 5.56 Å². The Labute approximate surface area is 125 Å². The first kappa shape index (κ1) is 14.7. The molecule has 1 aliphatic heterocycles. The van der Waals surface area contributed by atoms with Gasteiger partial charge >= 0.3 is 5.69 Å². The molecule has 0 radical (unpaired) electrons. The zero-order chi connectivity index (χ0) is 15.7. The number of nitrogens with zero attached hydrogens (tertiary/aromatic N) is 1. The smallest absolute Gasteiger partial charge is 0.330 e. The number of aromatic amines is 1. The number of nitrogens with one attached hydrogen (secondary N) is 1. The Morgan fingerprint density at radius 1 is 1.27 bits per heavy atom. The van der Waals surface area contributed by atoms with Crippen LogP contribution >= 0.6 is 0 Å². The second-order valence-electron chi connectivity index (χ2n) is 5.19. The number of hydrogen-bond donors (Lipinski definition) is 3. The molecule has 1 aliphatic rings. The molecule has 1 aromatic heterocycles. The Morgan fingerprint density at radius 3 is 2.64 bits per heavy atom. The standard InChI is InChI=1S/C15H16N2O5/c18-8-12-11(19)6-13(22-12)17-7-10(14(20)16-15(17)21)9-4-2-1-3-5-9/h1-5,7,11-13,18-19H,6,8H2,(H,16,20,21)/t11-,12+,13-/m1/s1. The number of aromatic nitrogens is 2. The van der Waals surface area contributed by atoms with Crippen LogP contribution in [0.3, 0.4) is 0 Å². The van der Waals surface area contributed by atoms with Crippen LogP contribution in [0, 0.1) is 0 Å². The largest absolute Gasteiger partial charge is 0.394 e. The summed E-state index contributed by atoms with van der Waals surface area (Å²) in [5.41, 5.74) is -0.0781. The predicted octanol–water partition coefficient (Wildman–Crippen LogP) is -0.156. The fourth-order valence-electron chi connectivity index (χ4n) is 2.57. The monoisotopic (exact) mass is 304 g/mol. The SMILES string of the molecule is O=c1[nH]c(=O)n([C@H]2C[C@@H](O)[C@H](CO)O2)cc1-c1ccccc1. The molecule has 0 aliphatic carbocycles. The van der Waals surface area contributed by atoms with E-state index in [0.29, 0.717) is 11.1 Å². The van der Waals surface area contributed by atoms with Gasteiger partial charge in [-0.15, -0.1) is 0 Å². The third kappa shape index (κ3) is 2.61. The molecule has 0 saturated carbocycles. The molecule has 3 atom stereocenters. The van der Waals surface area contributed by atoms with Crippen LogP contribution < -0.4 is 11.2 Å². The second-order valence-corrected chi connectivity index (χ2v) is 5.19. The molecule has 22 heavy (non-hydrogen) atoms. The molecule has 1 saturated heterocycles. The lowest BCUT2D eigenvalue weighted by molar-refractivity contribution is -0.0458. The van der Waals surface area contributed by atoms with E-state index in [-0.39, 0.29) is 13.0 Å². The molecule has 0 bridgehead atoms. The van der Waals surface area contributed by atoms with E-state index in [2.05, 4.69) is 4.98 Å². The normalized spacial score (nSPS) is 24.5. The van der Waals surface area contributed by atoms with E-state index in [1.165, 1.54) is 10.8 Å². The molecular formula is C15H16N2O5. The number of aliphatic hydroxyl groups excluding tert-OH is 2. The number of ether oxygens (including phenoxy) is 1. The zero-order valence-corrected chi connectivity index (χ0v) is 11.7. The third-order valence-corrected chi connectivity index (χ3v) is 3.75. The van der Waals surface area contributed by atoms with E-state index in [1.54, 1.807) is 24.3 Å². The van der Waals surface area contributed by atoms with Gasteiger partial charge in [0.15, 0.2) is 0 Å². The molecule has 0 unspecified atom stereocenters. The van der Waals surface area contributed by atoms with Crippen molar-refractivity contribution in [2.45, 2.75) is 24.9 Å². The van der Waals surface area contributed by atoms with Crippen LogP contribution in [-0.2, 0) is 4.74 Å². The lowest BCUT2D eigenvalue weighted by Gasteiger charge is -2.15. The van der Waals surface area contributed by atoms with Crippen molar-refractivity contribution < 1.29 is 14.9 Å². The molecule has 1 aromatic carbocycles. The van der Waals surface area contributed by atoms with E-state index in [9.17, 15) is 14.7 Å². The number of H-pyrrole nitrogens is 1. The first-order chi connectivity index (χ1) is 10.6. The maximum absolute atomic E-state index is 12.0. The van der Waals surface area contributed by atoms with Crippen molar-refractivity contribution in [2.24, 2.45) is 0 Å². The lowest BCUT2D eigenvalue weighted by Crippen LogP contribution is -2.33. The van der Waals surface area contributed by atoms with Crippen molar-refractivity contribution in [3.8, 4) is 11.1 Å². The van der Waals surface area contributed by atoms with Gasteiger partial charge < -0.3 is 14.9 Å². The van der Waals surface area contributed by atoms with Crippen LogP contribution in [0.25, 0.3) is 11.1 Å². The molecule has 3 N–H and O–H groups in total. The molecule has 1 fully saturated rings. The first-order valence-corrected chi connectivity index (χ1v) is 6.95. The molecule has 2 heterocycles. The summed E-state index contributed by atoms with van der Waals surface area (Å²) in [7, 11) is 0. The highest BCUT2D eigenvalue weighted by Crippen LogP contribution is 2.27. The van der Waals surface area contributed by atoms with Gasteiger partial charge in [0.25, 0.3) is 5.56 Å². The summed E-state index contributed by atoms with van der Waals surface area (Å²) in [5, 5.41) is 18.9. The van der Waals surface area contributed by atoms with Crippen molar-refractivity contribution in [3.05, 3.63) is 57.4 Å². The number of hydrogen-bond acceptors (Lipinski definition) is 5. The minimum absolute atomic E-state index is 0.172. The van der Waals surface area contributed by atoms with Gasteiger partial charge in [-0.25, -0.2) is 4.79 Å². The van der Waals surface area contributed by atoms with Gasteiger partial charge in [-0.1, -0.05) is 30.3 Å². The van der Waals surface area contributed by atoms with Crippen molar-refractivity contribution in [3.63, 3.8) is 0 Å². The minimum Gasteiger partial charge on any atom is -0.394 e. The molecule has 3 rings (SSSR count). The van der Waals surface area contributed by atoms with Crippen molar-refractivity contribution in [2.75, 3.05) is 6.61 Å². The summed E-state index contributed by atoms with van der Waals surface area (Å²) in [4.78, 5) is 26.2. The Morgan fingerprint density at radius 2 is 2.00 bits per heavy atom. The van der Waals surface area contributed by atoms with Gasteiger partial charge in [0, 0.05) is 12.6 Å². The molecule has 7 nitrogen and oxygen atoms in total. The first-order valence-electron chi connectivity index (χ1n) is 6.95. The van der Waals surface area contributed by atoms with Crippen LogP contribution in [0.1, 0.15) is 12.6 Å². The van der Waals surface area contributed by atoms with Crippen LogP contribution in [0.4, 0.5) is 0 Å². The van der Waals surface area contributed by atoms with E-state index < -0.39 is 29.7 Å². The van der Waals surface area contributed by atoms with Gasteiger partial charge in [0.2, 0.25) is 0 Å². The maximum atomic E-state index is 12.0. The number of aliphatic hydroxyl groups is 2. The van der Waals surface area contributed by atoms with E-state index in [0.717, 1.165) is 0 Å². The van der Waals surface area contributed by atoms with Crippen molar-refractivity contribution in [1.82, 2.24) is 9.55 Å². The highest BCUT2D eigenvalue weighted by molar-refractivity contribution is 5.60. The summed E-state index contributed by atoms with van der Waals surface area (Å²) in [5.74, 6) is 0. The lowest BCUT2D eigenvalue weighted by atomic mass is 10.1. The van der Waals surface area contributed by atoms with E-state index in [4.69, 9.17) is 9.84 Å². The molecule has 116 valence electrons. The van der Waals surface area contributed by atoms with Gasteiger partial charge in [-0.2, -0.15) is 0 Å². The van der Waals surface area contributed by atoms with Crippen LogP contribution in [-0.4, -0.2) is 38.6 Å². The Hall–Kier alpha value is -2.22. The van der Waals surface area contributed by atoms with Crippen LogP contribution in [0.5, 0.6) is 0 Å². The van der Waals surface area contributed by atoms with E-state index >= 15 is 0 Å². The molecule has 0 amide bonds. The van der Waals surface area contributed by atoms with Crippen molar-refractivity contribution >= 4 is 0 Å². The molecule has 2 aromatic rings. The predicted molar refractivity (Wildman–Crippen MR) is 78.4 cm³/mol. The topological polar surface area (TPSA) is 105 Å². The Bertz CT molecular complexity index is 767. The highest BCUT2D eigenvalue weighted by Gasteiger charge is 2.35. The second kappa shape index (κ2) is 5.88. The molecule has 0 spiro atoms. The molecular weight excluding hydrogens is 288 g/mol. The average Bonchev–Trinajstić information content (AvgIpc) is 2.89. The van der Waals surface area contributed by atoms with Gasteiger partial charge in [0.05, 0.1) is 18.3 Å². The number of rotatable bonds is 3. The van der Waals surface area contributed by atoms with Crippen LogP contribution in [0.15, 0.2) is 46.1 Å². The minimum atomic E-state index is -0.853. The quantitative estimate of drug-likeness (QED) is 0.731. The maximum Gasteiger partial charge on any atom is 0.330 e. The van der Waals surface area contributed by atoms with Gasteiger partial charge in [0.1, 0.15) is 12.3 Å².